The van der Waals surface area contributed by atoms with E-state index in [1.54, 1.807) is 6.20 Å². The monoisotopic (exact) mass is 316 g/mol. The first kappa shape index (κ1) is 12.2. The molecule has 0 saturated heterocycles. The van der Waals surface area contributed by atoms with E-state index < -0.39 is 0 Å². The van der Waals surface area contributed by atoms with Gasteiger partial charge in [0, 0.05) is 24.3 Å². The summed E-state index contributed by atoms with van der Waals surface area (Å²) in [4.78, 5) is 8.76. The van der Waals surface area contributed by atoms with Crippen molar-refractivity contribution in [3.8, 4) is 0 Å². The van der Waals surface area contributed by atoms with Crippen molar-refractivity contribution < 1.29 is 0 Å². The van der Waals surface area contributed by atoms with Crippen LogP contribution in [0.4, 0.5) is 11.5 Å². The first-order chi connectivity index (χ1) is 9.26. The molecule has 1 aromatic carbocycles. The molecule has 3 rings (SSSR count). The van der Waals surface area contributed by atoms with E-state index in [1.807, 2.05) is 28.9 Å². The number of benzene rings is 1. The first-order valence-electron chi connectivity index (χ1n) is 6.11. The molecule has 0 atom stereocenters. The maximum Gasteiger partial charge on any atom is 0.180 e. The van der Waals surface area contributed by atoms with Crippen LogP contribution in [-0.4, -0.2) is 14.4 Å². The lowest BCUT2D eigenvalue weighted by Gasteiger charge is -2.08. The third-order valence-corrected chi connectivity index (χ3v) is 3.32. The van der Waals surface area contributed by atoms with Gasteiger partial charge in [0.05, 0.1) is 0 Å². The summed E-state index contributed by atoms with van der Waals surface area (Å²) in [5.74, 6) is 0.743. The molecule has 0 unspecified atom stereocenters. The van der Waals surface area contributed by atoms with Gasteiger partial charge in [0.2, 0.25) is 0 Å². The summed E-state index contributed by atoms with van der Waals surface area (Å²) in [6.07, 6.45) is 6.56. The fraction of sp³-hybridized carbons (Fsp3) is 0.143. The van der Waals surface area contributed by atoms with Crippen LogP contribution in [0.2, 0.25) is 0 Å². The molecule has 0 aliphatic carbocycles. The average Bonchev–Trinajstić information content (AvgIpc) is 2.87. The summed E-state index contributed by atoms with van der Waals surface area (Å²) >= 11 is 3.41. The summed E-state index contributed by atoms with van der Waals surface area (Å²) in [6, 6.07) is 8.32. The zero-order valence-corrected chi connectivity index (χ0v) is 12.1. The molecule has 5 heteroatoms. The first-order valence-corrected chi connectivity index (χ1v) is 6.91. The van der Waals surface area contributed by atoms with Crippen LogP contribution in [0, 0.1) is 0 Å². The number of anilines is 2. The van der Waals surface area contributed by atoms with Gasteiger partial charge in [0.25, 0.3) is 0 Å². The van der Waals surface area contributed by atoms with Crippen LogP contribution >= 0.6 is 15.9 Å². The Morgan fingerprint density at radius 3 is 3.11 bits per heavy atom. The fourth-order valence-corrected chi connectivity index (χ4v) is 2.39. The second kappa shape index (κ2) is 5.01. The van der Waals surface area contributed by atoms with E-state index >= 15 is 0 Å². The number of nitrogens with zero attached hydrogens (tertiary/aromatic N) is 3. The number of hydrogen-bond donors (Lipinski definition) is 1. The van der Waals surface area contributed by atoms with Crippen LogP contribution < -0.4 is 5.32 Å². The van der Waals surface area contributed by atoms with Crippen LogP contribution in [0.1, 0.15) is 12.5 Å². The number of rotatable bonds is 3. The number of nitrogens with one attached hydrogen (secondary N) is 1. The highest BCUT2D eigenvalue weighted by molar-refractivity contribution is 9.10. The van der Waals surface area contributed by atoms with E-state index in [9.17, 15) is 0 Å². The molecule has 19 heavy (non-hydrogen) atoms. The predicted octanol–water partition coefficient (Wildman–Crippen LogP) is 3.80. The highest BCUT2D eigenvalue weighted by atomic mass is 79.9. The molecule has 0 aliphatic rings. The lowest BCUT2D eigenvalue weighted by molar-refractivity contribution is 1.10. The fourth-order valence-electron chi connectivity index (χ4n) is 1.99. The minimum atomic E-state index is 0.743. The average molecular weight is 317 g/mol. The molecule has 0 fully saturated rings. The topological polar surface area (TPSA) is 42.2 Å². The van der Waals surface area contributed by atoms with Crippen LogP contribution in [0.15, 0.2) is 47.5 Å². The Morgan fingerprint density at radius 1 is 1.37 bits per heavy atom. The van der Waals surface area contributed by atoms with Crippen molar-refractivity contribution >= 4 is 33.1 Å². The van der Waals surface area contributed by atoms with Crippen LogP contribution in [0.3, 0.4) is 0 Å². The smallest absolute Gasteiger partial charge is 0.180 e. The van der Waals surface area contributed by atoms with Crippen molar-refractivity contribution in [1.29, 1.82) is 0 Å². The lowest BCUT2D eigenvalue weighted by atomic mass is 10.1. The number of hydrogen-bond acceptors (Lipinski definition) is 3. The summed E-state index contributed by atoms with van der Waals surface area (Å²) in [6.45, 7) is 2.14. The van der Waals surface area contributed by atoms with Gasteiger partial charge in [-0.1, -0.05) is 19.1 Å². The van der Waals surface area contributed by atoms with Gasteiger partial charge >= 0.3 is 0 Å². The Labute approximate surface area is 119 Å². The molecule has 2 aromatic heterocycles. The van der Waals surface area contributed by atoms with Crippen molar-refractivity contribution in [2.45, 2.75) is 13.3 Å². The summed E-state index contributed by atoms with van der Waals surface area (Å²) in [5.41, 5.74) is 3.12. The van der Waals surface area contributed by atoms with Crippen molar-refractivity contribution in [2.24, 2.45) is 0 Å². The Balaban J connectivity index is 2.02. The molecule has 2 heterocycles. The van der Waals surface area contributed by atoms with Crippen LogP contribution in [0.25, 0.3) is 5.65 Å². The Hall–Kier alpha value is -1.88. The normalized spacial score (nSPS) is 10.8. The van der Waals surface area contributed by atoms with Crippen molar-refractivity contribution in [3.63, 3.8) is 0 Å². The van der Waals surface area contributed by atoms with E-state index in [2.05, 4.69) is 50.3 Å². The van der Waals surface area contributed by atoms with Crippen LogP contribution in [-0.2, 0) is 6.42 Å². The Kier molecular flexibility index (Phi) is 3.21. The lowest BCUT2D eigenvalue weighted by Crippen LogP contribution is -1.99. The van der Waals surface area contributed by atoms with Crippen LogP contribution in [0.5, 0.6) is 0 Å². The molecular formula is C14H13BrN4. The highest BCUT2D eigenvalue weighted by Crippen LogP contribution is 2.22. The SMILES string of the molecule is CCc1cccc(Nc2nc(Br)cn3ccnc23)c1. The van der Waals surface area contributed by atoms with Gasteiger partial charge in [-0.25, -0.2) is 9.97 Å². The number of aryl methyl sites for hydroxylation is 1. The summed E-state index contributed by atoms with van der Waals surface area (Å²) < 4.78 is 2.70. The molecule has 0 amide bonds. The molecule has 0 radical (unpaired) electrons. The molecule has 0 saturated carbocycles. The van der Waals surface area contributed by atoms with Crippen molar-refractivity contribution in [2.75, 3.05) is 5.32 Å². The maximum absolute atomic E-state index is 4.45. The standard InChI is InChI=1S/C14H13BrN4/c1-2-10-4-3-5-11(8-10)17-13-14-16-6-7-19(14)9-12(15)18-13/h3-9H,2H2,1H3,(H,17,18). The van der Waals surface area contributed by atoms with Crippen molar-refractivity contribution in [1.82, 2.24) is 14.4 Å². The quantitative estimate of drug-likeness (QED) is 0.799. The minimum Gasteiger partial charge on any atom is -0.337 e. The van der Waals surface area contributed by atoms with E-state index in [4.69, 9.17) is 0 Å². The molecule has 3 aromatic rings. The number of aromatic nitrogens is 3. The summed E-state index contributed by atoms with van der Waals surface area (Å²) in [7, 11) is 0. The van der Waals surface area contributed by atoms with Gasteiger partial charge in [-0.05, 0) is 40.0 Å². The van der Waals surface area contributed by atoms with Gasteiger partial charge in [0.15, 0.2) is 11.5 Å². The third-order valence-electron chi connectivity index (χ3n) is 2.94. The largest absolute Gasteiger partial charge is 0.337 e. The number of halogens is 1. The van der Waals surface area contributed by atoms with Gasteiger partial charge in [-0.3, -0.25) is 0 Å². The number of fused-ring (bicyclic) bond motifs is 1. The third kappa shape index (κ3) is 2.46. The molecule has 1 N–H and O–H groups in total. The zero-order chi connectivity index (χ0) is 13.2. The molecule has 0 bridgehead atoms. The van der Waals surface area contributed by atoms with E-state index in [-0.39, 0.29) is 0 Å². The maximum atomic E-state index is 4.45. The molecule has 0 aliphatic heterocycles. The summed E-state index contributed by atoms with van der Waals surface area (Å²) in [5, 5.41) is 3.32. The molecule has 4 nitrogen and oxygen atoms in total. The zero-order valence-electron chi connectivity index (χ0n) is 10.5. The molecule has 0 spiro atoms. The van der Waals surface area contributed by atoms with Gasteiger partial charge < -0.3 is 9.72 Å². The van der Waals surface area contributed by atoms with E-state index in [1.165, 1.54) is 5.56 Å². The number of imidazole rings is 1. The highest BCUT2D eigenvalue weighted by Gasteiger charge is 2.06. The second-order valence-corrected chi connectivity index (χ2v) is 5.06. The Bertz CT molecular complexity index is 720. The van der Waals surface area contributed by atoms with Gasteiger partial charge in [-0.15, -0.1) is 0 Å². The van der Waals surface area contributed by atoms with Crippen molar-refractivity contribution in [3.05, 3.63) is 53.0 Å². The second-order valence-electron chi connectivity index (χ2n) is 4.25. The van der Waals surface area contributed by atoms with Gasteiger partial charge in [0.1, 0.15) is 4.60 Å². The predicted molar refractivity (Wildman–Crippen MR) is 79.8 cm³/mol. The van der Waals surface area contributed by atoms with Gasteiger partial charge in [-0.2, -0.15) is 0 Å². The van der Waals surface area contributed by atoms with E-state index in [0.717, 1.165) is 28.2 Å². The minimum absolute atomic E-state index is 0.743. The molecular weight excluding hydrogens is 304 g/mol. The molecule has 96 valence electrons. The Morgan fingerprint density at radius 2 is 2.26 bits per heavy atom. The van der Waals surface area contributed by atoms with E-state index in [0.29, 0.717) is 0 Å².